The molecule has 0 bridgehead atoms. The van der Waals surface area contributed by atoms with Gasteiger partial charge in [0.05, 0.1) is 0 Å². The van der Waals surface area contributed by atoms with E-state index in [1.54, 1.807) is 24.3 Å². The highest BCUT2D eigenvalue weighted by Crippen LogP contribution is 2.23. The van der Waals surface area contributed by atoms with E-state index in [0.717, 1.165) is 4.90 Å². The van der Waals surface area contributed by atoms with Crippen LogP contribution in [0.2, 0.25) is 0 Å². The van der Waals surface area contributed by atoms with Crippen LogP contribution in [0.3, 0.4) is 0 Å². The molecule has 1 N–H and O–H groups in total. The van der Waals surface area contributed by atoms with Crippen molar-refractivity contribution >= 4 is 11.8 Å². The minimum atomic E-state index is -4.54. The maximum absolute atomic E-state index is 12.0. The average molecular weight is 236 g/mol. The van der Waals surface area contributed by atoms with Crippen LogP contribution in [0.25, 0.3) is 0 Å². The Bertz CT molecular complexity index is 307. The van der Waals surface area contributed by atoms with Gasteiger partial charge >= 0.3 is 6.18 Å². The first-order chi connectivity index (χ1) is 6.93. The van der Waals surface area contributed by atoms with Gasteiger partial charge in [-0.25, -0.2) is 0 Å². The zero-order valence-electron chi connectivity index (χ0n) is 8.08. The van der Waals surface area contributed by atoms with Gasteiger partial charge in [-0.3, -0.25) is 0 Å². The number of aliphatic hydroxyl groups is 1. The van der Waals surface area contributed by atoms with Gasteiger partial charge in [0.15, 0.2) is 6.10 Å². The van der Waals surface area contributed by atoms with Gasteiger partial charge in [-0.15, -0.1) is 11.8 Å². The molecule has 1 atom stereocenters. The third kappa shape index (κ3) is 3.76. The van der Waals surface area contributed by atoms with E-state index in [2.05, 4.69) is 0 Å². The third-order valence-corrected chi connectivity index (χ3v) is 2.71. The minimum Gasteiger partial charge on any atom is -0.383 e. The van der Waals surface area contributed by atoms with Gasteiger partial charge in [0.1, 0.15) is 0 Å². The summed E-state index contributed by atoms with van der Waals surface area (Å²) >= 11 is 1.52. The van der Waals surface area contributed by atoms with Gasteiger partial charge in [-0.2, -0.15) is 13.2 Å². The summed E-state index contributed by atoms with van der Waals surface area (Å²) < 4.78 is 36.1. The number of hydrogen-bond donors (Lipinski definition) is 1. The van der Waals surface area contributed by atoms with Gasteiger partial charge in [0, 0.05) is 11.3 Å². The Morgan fingerprint density at radius 1 is 1.27 bits per heavy atom. The van der Waals surface area contributed by atoms with Crippen LogP contribution in [0, 0.1) is 0 Å². The Morgan fingerprint density at radius 2 is 1.80 bits per heavy atom. The molecule has 0 radical (unpaired) electrons. The molecule has 0 aliphatic heterocycles. The number of rotatable bonds is 3. The standard InChI is InChI=1S/C10H11F3OS/c1-15-8-4-2-7(3-5-8)6-9(14)10(11,12)13/h2-5,9,14H,6H2,1H3. The molecule has 1 aromatic carbocycles. The Kier molecular flexibility index (Phi) is 4.04. The van der Waals surface area contributed by atoms with E-state index in [1.807, 2.05) is 6.26 Å². The summed E-state index contributed by atoms with van der Waals surface area (Å²) in [6, 6.07) is 6.67. The van der Waals surface area contributed by atoms with Crippen molar-refractivity contribution in [2.45, 2.75) is 23.6 Å². The summed E-state index contributed by atoms with van der Waals surface area (Å²) in [5.41, 5.74) is 0.484. The topological polar surface area (TPSA) is 20.2 Å². The molecule has 0 saturated heterocycles. The molecule has 0 heterocycles. The van der Waals surface area contributed by atoms with Crippen LogP contribution in [0.4, 0.5) is 13.2 Å². The summed E-state index contributed by atoms with van der Waals surface area (Å²) in [4.78, 5) is 0.986. The van der Waals surface area contributed by atoms with Crippen LogP contribution in [0.15, 0.2) is 29.2 Å². The highest BCUT2D eigenvalue weighted by atomic mass is 32.2. The molecule has 1 aromatic rings. The van der Waals surface area contributed by atoms with Crippen molar-refractivity contribution in [1.29, 1.82) is 0 Å². The monoisotopic (exact) mass is 236 g/mol. The van der Waals surface area contributed by atoms with Crippen LogP contribution in [0.5, 0.6) is 0 Å². The van der Waals surface area contributed by atoms with Gasteiger partial charge in [0.2, 0.25) is 0 Å². The molecule has 15 heavy (non-hydrogen) atoms. The maximum Gasteiger partial charge on any atom is 0.414 e. The minimum absolute atomic E-state index is 0.391. The lowest BCUT2D eigenvalue weighted by molar-refractivity contribution is -0.203. The maximum atomic E-state index is 12.0. The molecular weight excluding hydrogens is 225 g/mol. The second-order valence-corrected chi connectivity index (χ2v) is 3.99. The number of hydrogen-bond acceptors (Lipinski definition) is 2. The quantitative estimate of drug-likeness (QED) is 0.814. The fourth-order valence-corrected chi connectivity index (χ4v) is 1.51. The number of thioether (sulfide) groups is 1. The summed E-state index contributed by atoms with van der Waals surface area (Å²) in [6.07, 6.45) is -5.33. The van der Waals surface area contributed by atoms with Crippen LogP contribution < -0.4 is 0 Å². The number of benzene rings is 1. The molecule has 1 rings (SSSR count). The lowest BCUT2D eigenvalue weighted by atomic mass is 10.1. The smallest absolute Gasteiger partial charge is 0.383 e. The van der Waals surface area contributed by atoms with Crippen LogP contribution in [-0.4, -0.2) is 23.6 Å². The third-order valence-electron chi connectivity index (χ3n) is 1.97. The largest absolute Gasteiger partial charge is 0.414 e. The average Bonchev–Trinajstić information content (AvgIpc) is 2.17. The van der Waals surface area contributed by atoms with Gasteiger partial charge in [-0.05, 0) is 24.0 Å². The molecule has 0 aromatic heterocycles. The molecule has 5 heteroatoms. The van der Waals surface area contributed by atoms with Crippen molar-refractivity contribution in [3.63, 3.8) is 0 Å². The van der Waals surface area contributed by atoms with Crippen LogP contribution in [0.1, 0.15) is 5.56 Å². The lowest BCUT2D eigenvalue weighted by Crippen LogP contribution is -2.30. The zero-order chi connectivity index (χ0) is 11.5. The Labute approximate surface area is 90.3 Å². The fraction of sp³-hybridized carbons (Fsp3) is 0.400. The second-order valence-electron chi connectivity index (χ2n) is 3.11. The van der Waals surface area contributed by atoms with E-state index in [-0.39, 0.29) is 0 Å². The van der Waals surface area contributed by atoms with E-state index < -0.39 is 18.7 Å². The van der Waals surface area contributed by atoms with Gasteiger partial charge in [-0.1, -0.05) is 12.1 Å². The van der Waals surface area contributed by atoms with E-state index >= 15 is 0 Å². The van der Waals surface area contributed by atoms with Gasteiger partial charge in [0.25, 0.3) is 0 Å². The van der Waals surface area contributed by atoms with E-state index in [9.17, 15) is 13.2 Å². The highest BCUT2D eigenvalue weighted by Gasteiger charge is 2.37. The van der Waals surface area contributed by atoms with Crippen molar-refractivity contribution < 1.29 is 18.3 Å². The molecule has 1 nitrogen and oxygen atoms in total. The van der Waals surface area contributed by atoms with Crippen LogP contribution >= 0.6 is 11.8 Å². The normalized spacial score (nSPS) is 13.9. The van der Waals surface area contributed by atoms with Crippen molar-refractivity contribution in [3.8, 4) is 0 Å². The van der Waals surface area contributed by atoms with Crippen molar-refractivity contribution in [1.82, 2.24) is 0 Å². The first kappa shape index (κ1) is 12.4. The fourth-order valence-electron chi connectivity index (χ4n) is 1.10. The van der Waals surface area contributed by atoms with Crippen molar-refractivity contribution in [2.75, 3.05) is 6.26 Å². The summed E-state index contributed by atoms with van der Waals surface area (Å²) in [7, 11) is 0. The molecular formula is C10H11F3OS. The predicted molar refractivity (Wildman–Crippen MR) is 54.0 cm³/mol. The molecule has 84 valence electrons. The second kappa shape index (κ2) is 4.90. The molecule has 1 unspecified atom stereocenters. The number of alkyl halides is 3. The molecule has 0 amide bonds. The van der Waals surface area contributed by atoms with E-state index in [1.165, 1.54) is 11.8 Å². The molecule has 0 aliphatic carbocycles. The molecule has 0 saturated carbocycles. The number of aliphatic hydroxyl groups excluding tert-OH is 1. The summed E-state index contributed by atoms with van der Waals surface area (Å²) in [5, 5.41) is 8.84. The van der Waals surface area contributed by atoms with Gasteiger partial charge < -0.3 is 5.11 Å². The molecule has 0 fully saturated rings. The Morgan fingerprint density at radius 3 is 2.20 bits per heavy atom. The summed E-state index contributed by atoms with van der Waals surface area (Å²) in [5.74, 6) is 0. The Hall–Kier alpha value is -0.680. The SMILES string of the molecule is CSc1ccc(CC(O)C(F)(F)F)cc1. The lowest BCUT2D eigenvalue weighted by Gasteiger charge is -2.14. The van der Waals surface area contributed by atoms with Crippen molar-refractivity contribution in [2.24, 2.45) is 0 Å². The summed E-state index contributed by atoms with van der Waals surface area (Å²) in [6.45, 7) is 0. The van der Waals surface area contributed by atoms with E-state index in [0.29, 0.717) is 5.56 Å². The first-order valence-electron chi connectivity index (χ1n) is 4.31. The zero-order valence-corrected chi connectivity index (χ0v) is 8.90. The molecule has 0 aliphatic rings. The predicted octanol–water partition coefficient (Wildman–Crippen LogP) is 2.87. The molecule has 0 spiro atoms. The van der Waals surface area contributed by atoms with Crippen LogP contribution in [-0.2, 0) is 6.42 Å². The van der Waals surface area contributed by atoms with Crippen molar-refractivity contribution in [3.05, 3.63) is 29.8 Å². The van der Waals surface area contributed by atoms with E-state index in [4.69, 9.17) is 5.11 Å². The number of halogens is 3. The highest BCUT2D eigenvalue weighted by molar-refractivity contribution is 7.98. The Balaban J connectivity index is 2.65. The first-order valence-corrected chi connectivity index (χ1v) is 5.53.